The average Bonchev–Trinajstić information content (AvgIpc) is 2.91. The largest absolute Gasteiger partial charge is 0.363 e. The zero-order valence-corrected chi connectivity index (χ0v) is 21.8. The van der Waals surface area contributed by atoms with Crippen LogP contribution in [0.3, 0.4) is 0 Å². The molecule has 3 aromatic rings. The minimum Gasteiger partial charge on any atom is -0.363 e. The van der Waals surface area contributed by atoms with Crippen LogP contribution in [0.5, 0.6) is 5.75 Å². The Kier molecular flexibility index (Phi) is 9.02. The van der Waals surface area contributed by atoms with Gasteiger partial charge in [-0.15, -0.1) is 0 Å². The number of para-hydroxylation sites is 1. The second-order valence-corrected chi connectivity index (χ2v) is 10.9. The number of hydrogen-bond acceptors (Lipinski definition) is 5. The zero-order valence-electron chi connectivity index (χ0n) is 20.3. The van der Waals surface area contributed by atoms with Crippen LogP contribution in [-0.4, -0.2) is 45.4 Å². The van der Waals surface area contributed by atoms with Crippen molar-refractivity contribution in [1.29, 1.82) is 0 Å². The lowest BCUT2D eigenvalue weighted by atomic mass is 10.1. The van der Waals surface area contributed by atoms with Gasteiger partial charge in [0.25, 0.3) is 15.9 Å². The molecule has 1 N–H and O–H groups in total. The maximum absolute atomic E-state index is 13.5. The van der Waals surface area contributed by atoms with E-state index in [4.69, 9.17) is 16.4 Å². The van der Waals surface area contributed by atoms with Crippen molar-refractivity contribution in [3.05, 3.63) is 89.2 Å². The maximum Gasteiger partial charge on any atom is 0.295 e. The standard InChI is InChI=1S/C27H29ClFN3O4S/c28-25-20-22(29)12-15-26(25)36-32(23-8-3-1-4-9-23)37(34,35)24-13-10-21(11-14-24)27(33)30-16-7-19-31-17-5-2-6-18-31/h1,3-4,8-15,20H,2,5-7,16-19H2,(H,30,33). The molecule has 0 atom stereocenters. The van der Waals surface area contributed by atoms with Crippen molar-refractivity contribution < 1.29 is 22.4 Å². The van der Waals surface area contributed by atoms with Gasteiger partial charge in [0.05, 0.1) is 15.6 Å². The van der Waals surface area contributed by atoms with Crippen molar-refractivity contribution in [1.82, 2.24) is 10.2 Å². The third kappa shape index (κ3) is 7.00. The minimum absolute atomic E-state index is 0.0314. The van der Waals surface area contributed by atoms with E-state index in [9.17, 15) is 17.6 Å². The van der Waals surface area contributed by atoms with E-state index >= 15 is 0 Å². The Bertz CT molecular complexity index is 1300. The number of nitrogens with zero attached hydrogens (tertiary/aromatic N) is 2. The summed E-state index contributed by atoms with van der Waals surface area (Å²) in [4.78, 5) is 20.6. The van der Waals surface area contributed by atoms with E-state index in [1.54, 1.807) is 30.3 Å². The first-order chi connectivity index (χ1) is 17.8. The summed E-state index contributed by atoms with van der Waals surface area (Å²) < 4.78 is 41.3. The molecule has 3 aromatic carbocycles. The summed E-state index contributed by atoms with van der Waals surface area (Å²) in [7, 11) is -4.23. The van der Waals surface area contributed by atoms with Crippen LogP contribution in [0.25, 0.3) is 0 Å². The molecule has 7 nitrogen and oxygen atoms in total. The Morgan fingerprint density at radius 2 is 1.70 bits per heavy atom. The number of nitrogens with one attached hydrogen (secondary N) is 1. The normalized spacial score (nSPS) is 14.2. The van der Waals surface area contributed by atoms with Crippen LogP contribution in [0, 0.1) is 5.82 Å². The molecule has 0 aromatic heterocycles. The number of halogens is 2. The Morgan fingerprint density at radius 1 is 1.00 bits per heavy atom. The van der Waals surface area contributed by atoms with Crippen molar-refractivity contribution in [3.8, 4) is 5.75 Å². The highest BCUT2D eigenvalue weighted by molar-refractivity contribution is 7.92. The highest BCUT2D eigenvalue weighted by Crippen LogP contribution is 2.31. The molecule has 1 fully saturated rings. The van der Waals surface area contributed by atoms with Crippen LogP contribution in [0.1, 0.15) is 36.0 Å². The molecular weight excluding hydrogens is 517 g/mol. The number of piperidine rings is 1. The second-order valence-electron chi connectivity index (χ2n) is 8.77. The summed E-state index contributed by atoms with van der Waals surface area (Å²) in [5, 5.41) is 2.81. The van der Waals surface area contributed by atoms with E-state index < -0.39 is 15.8 Å². The number of hydrogen-bond donors (Lipinski definition) is 1. The van der Waals surface area contributed by atoms with Gasteiger partial charge in [0.15, 0.2) is 5.75 Å². The molecule has 1 aliphatic rings. The minimum atomic E-state index is -4.23. The number of anilines is 1. The van der Waals surface area contributed by atoms with Gasteiger partial charge in [-0.05, 0) is 93.5 Å². The fourth-order valence-corrected chi connectivity index (χ4v) is 5.54. The summed E-state index contributed by atoms with van der Waals surface area (Å²) >= 11 is 6.08. The summed E-state index contributed by atoms with van der Waals surface area (Å²) in [5.41, 5.74) is 0.573. The van der Waals surface area contributed by atoms with E-state index in [1.807, 2.05) is 0 Å². The Hall–Kier alpha value is -3.14. The molecule has 0 aliphatic carbocycles. The number of benzene rings is 3. The monoisotopic (exact) mass is 545 g/mol. The fourth-order valence-electron chi connectivity index (χ4n) is 4.09. The molecule has 0 spiro atoms. The van der Waals surface area contributed by atoms with Crippen molar-refractivity contribution in [2.75, 3.05) is 30.6 Å². The SMILES string of the molecule is O=C(NCCCN1CCCCC1)c1ccc(S(=O)(=O)N(Oc2ccc(F)cc2Cl)c2ccccc2)cc1. The molecule has 0 unspecified atom stereocenters. The van der Waals surface area contributed by atoms with Crippen molar-refractivity contribution in [2.24, 2.45) is 0 Å². The smallest absolute Gasteiger partial charge is 0.295 e. The van der Waals surface area contributed by atoms with Gasteiger partial charge >= 0.3 is 0 Å². The van der Waals surface area contributed by atoms with E-state index in [0.717, 1.165) is 42.7 Å². The molecule has 0 saturated carbocycles. The Morgan fingerprint density at radius 3 is 2.38 bits per heavy atom. The number of carbonyl (C=O) groups is 1. The van der Waals surface area contributed by atoms with E-state index in [1.165, 1.54) is 49.6 Å². The number of sulfonamides is 1. The summed E-state index contributed by atoms with van der Waals surface area (Å²) in [6, 6.07) is 17.2. The first-order valence-corrected chi connectivity index (χ1v) is 14.0. The summed E-state index contributed by atoms with van der Waals surface area (Å²) in [6.45, 7) is 3.72. The van der Waals surface area contributed by atoms with Crippen molar-refractivity contribution in [3.63, 3.8) is 0 Å². The Labute approximate surface area is 221 Å². The lowest BCUT2D eigenvalue weighted by molar-refractivity contribution is 0.0951. The second kappa shape index (κ2) is 12.4. The molecule has 10 heteroatoms. The highest BCUT2D eigenvalue weighted by atomic mass is 35.5. The van der Waals surface area contributed by atoms with Gasteiger partial charge in [-0.25, -0.2) is 4.39 Å². The van der Waals surface area contributed by atoms with Crippen LogP contribution < -0.4 is 14.6 Å². The lowest BCUT2D eigenvalue weighted by Crippen LogP contribution is -2.34. The van der Waals surface area contributed by atoms with Crippen LogP contribution in [0.2, 0.25) is 5.02 Å². The third-order valence-electron chi connectivity index (χ3n) is 6.06. The van der Waals surface area contributed by atoms with Crippen LogP contribution in [0.15, 0.2) is 77.7 Å². The Balaban J connectivity index is 1.45. The van der Waals surface area contributed by atoms with Gasteiger partial charge in [0.1, 0.15) is 5.82 Å². The predicted molar refractivity (Wildman–Crippen MR) is 142 cm³/mol. The van der Waals surface area contributed by atoms with E-state index in [2.05, 4.69) is 10.2 Å². The van der Waals surface area contributed by atoms with Gasteiger partial charge in [-0.1, -0.05) is 40.7 Å². The van der Waals surface area contributed by atoms with Gasteiger partial charge in [0.2, 0.25) is 0 Å². The molecule has 0 bridgehead atoms. The maximum atomic E-state index is 13.5. The molecule has 1 saturated heterocycles. The lowest BCUT2D eigenvalue weighted by Gasteiger charge is -2.26. The van der Waals surface area contributed by atoms with Gasteiger partial charge in [-0.3, -0.25) is 4.79 Å². The summed E-state index contributed by atoms with van der Waals surface area (Å²) in [5.74, 6) is -0.875. The molecular formula is C27H29ClFN3O4S. The third-order valence-corrected chi connectivity index (χ3v) is 7.95. The van der Waals surface area contributed by atoms with Gasteiger partial charge in [0, 0.05) is 12.1 Å². The van der Waals surface area contributed by atoms with Crippen LogP contribution >= 0.6 is 11.6 Å². The quantitative estimate of drug-likeness (QED) is 0.277. The highest BCUT2D eigenvalue weighted by Gasteiger charge is 2.28. The number of likely N-dealkylation sites (tertiary alicyclic amines) is 1. The first-order valence-electron chi connectivity index (χ1n) is 12.2. The van der Waals surface area contributed by atoms with Crippen LogP contribution in [-0.2, 0) is 10.0 Å². The van der Waals surface area contributed by atoms with E-state index in [-0.39, 0.29) is 27.3 Å². The fraction of sp³-hybridized carbons (Fsp3) is 0.296. The molecule has 1 amide bonds. The van der Waals surface area contributed by atoms with E-state index in [0.29, 0.717) is 12.1 Å². The van der Waals surface area contributed by atoms with Crippen molar-refractivity contribution in [2.45, 2.75) is 30.6 Å². The van der Waals surface area contributed by atoms with Gasteiger partial charge in [-0.2, -0.15) is 8.42 Å². The number of carbonyl (C=O) groups excluding carboxylic acids is 1. The average molecular weight is 546 g/mol. The topological polar surface area (TPSA) is 79.0 Å². The molecule has 1 aliphatic heterocycles. The predicted octanol–water partition coefficient (Wildman–Crippen LogP) is 5.27. The summed E-state index contributed by atoms with van der Waals surface area (Å²) in [6.07, 6.45) is 4.60. The zero-order chi connectivity index (χ0) is 26.3. The first kappa shape index (κ1) is 26.9. The van der Waals surface area contributed by atoms with Gasteiger partial charge < -0.3 is 15.1 Å². The van der Waals surface area contributed by atoms with Crippen molar-refractivity contribution >= 4 is 33.2 Å². The molecule has 4 rings (SSSR count). The molecule has 37 heavy (non-hydrogen) atoms. The molecule has 1 heterocycles. The van der Waals surface area contributed by atoms with Crippen LogP contribution in [0.4, 0.5) is 10.1 Å². The number of rotatable bonds is 10. The molecule has 0 radical (unpaired) electrons. The number of amides is 1. The molecule has 196 valence electrons.